The van der Waals surface area contributed by atoms with Crippen LogP contribution in [-0.2, 0) is 0 Å². The molecule has 1 aliphatic rings. The second-order valence-electron chi connectivity index (χ2n) is 4.27. The highest BCUT2D eigenvalue weighted by molar-refractivity contribution is 6.32. The molecule has 0 saturated heterocycles. The van der Waals surface area contributed by atoms with Crippen molar-refractivity contribution >= 4 is 11.6 Å². The van der Waals surface area contributed by atoms with Crippen LogP contribution in [0.1, 0.15) is 31.2 Å². The second kappa shape index (κ2) is 5.39. The van der Waals surface area contributed by atoms with Crippen LogP contribution in [0, 0.1) is 11.3 Å². The van der Waals surface area contributed by atoms with Crippen molar-refractivity contribution in [1.29, 1.82) is 5.26 Å². The number of rotatable bonds is 2. The SMILES string of the molecule is N#Cc1ccc(O[C@H]2CCCC[C@@H]2O)c(Cl)c1. The maximum Gasteiger partial charge on any atom is 0.138 e. The summed E-state index contributed by atoms with van der Waals surface area (Å²) in [5, 5.41) is 18.9. The molecular formula is C13H14ClNO2. The molecule has 17 heavy (non-hydrogen) atoms. The number of nitrogens with zero attached hydrogens (tertiary/aromatic N) is 1. The summed E-state index contributed by atoms with van der Waals surface area (Å²) in [4.78, 5) is 0. The maximum atomic E-state index is 9.80. The predicted molar refractivity (Wildman–Crippen MR) is 65.1 cm³/mol. The monoisotopic (exact) mass is 251 g/mol. The van der Waals surface area contributed by atoms with E-state index in [1.54, 1.807) is 18.2 Å². The number of nitriles is 1. The van der Waals surface area contributed by atoms with Crippen molar-refractivity contribution in [2.24, 2.45) is 0 Å². The molecule has 2 rings (SSSR count). The Morgan fingerprint density at radius 3 is 2.76 bits per heavy atom. The number of hydrogen-bond acceptors (Lipinski definition) is 3. The first kappa shape index (κ1) is 12.2. The smallest absolute Gasteiger partial charge is 0.138 e. The van der Waals surface area contributed by atoms with Gasteiger partial charge in [-0.3, -0.25) is 0 Å². The first-order valence-corrected chi connectivity index (χ1v) is 6.13. The number of aliphatic hydroxyl groups excluding tert-OH is 1. The van der Waals surface area contributed by atoms with E-state index < -0.39 is 6.10 Å². The number of ether oxygens (including phenoxy) is 1. The summed E-state index contributed by atoms with van der Waals surface area (Å²) in [6, 6.07) is 6.94. The van der Waals surface area contributed by atoms with Crippen molar-refractivity contribution in [3.63, 3.8) is 0 Å². The van der Waals surface area contributed by atoms with Gasteiger partial charge in [0, 0.05) is 0 Å². The highest BCUT2D eigenvalue weighted by atomic mass is 35.5. The summed E-state index contributed by atoms with van der Waals surface area (Å²) in [5.74, 6) is 0.539. The van der Waals surface area contributed by atoms with Crippen molar-refractivity contribution in [3.8, 4) is 11.8 Å². The van der Waals surface area contributed by atoms with Crippen LogP contribution in [0.15, 0.2) is 18.2 Å². The molecule has 3 nitrogen and oxygen atoms in total. The van der Waals surface area contributed by atoms with Gasteiger partial charge in [-0.25, -0.2) is 0 Å². The van der Waals surface area contributed by atoms with E-state index in [-0.39, 0.29) is 6.10 Å². The molecule has 0 spiro atoms. The van der Waals surface area contributed by atoms with Gasteiger partial charge in [-0.05, 0) is 37.5 Å². The van der Waals surface area contributed by atoms with Gasteiger partial charge in [0.05, 0.1) is 22.8 Å². The predicted octanol–water partition coefficient (Wildman–Crippen LogP) is 2.89. The molecule has 0 radical (unpaired) electrons. The lowest BCUT2D eigenvalue weighted by Gasteiger charge is -2.28. The van der Waals surface area contributed by atoms with Crippen LogP contribution in [-0.4, -0.2) is 17.3 Å². The second-order valence-corrected chi connectivity index (χ2v) is 4.67. The van der Waals surface area contributed by atoms with Crippen molar-refractivity contribution < 1.29 is 9.84 Å². The van der Waals surface area contributed by atoms with E-state index in [1.165, 1.54) is 0 Å². The summed E-state index contributed by atoms with van der Waals surface area (Å²) in [7, 11) is 0. The molecule has 0 aliphatic heterocycles. The first-order chi connectivity index (χ1) is 8.20. The van der Waals surface area contributed by atoms with E-state index in [2.05, 4.69) is 0 Å². The van der Waals surface area contributed by atoms with Crippen LogP contribution in [0.5, 0.6) is 5.75 Å². The lowest BCUT2D eigenvalue weighted by atomic mass is 9.95. The van der Waals surface area contributed by atoms with E-state index in [9.17, 15) is 5.11 Å². The molecule has 0 aromatic heterocycles. The fourth-order valence-electron chi connectivity index (χ4n) is 2.04. The highest BCUT2D eigenvalue weighted by Gasteiger charge is 2.25. The Bertz CT molecular complexity index is 442. The topological polar surface area (TPSA) is 53.2 Å². The zero-order valence-corrected chi connectivity index (χ0v) is 10.2. The Kier molecular flexibility index (Phi) is 3.88. The molecule has 0 unspecified atom stereocenters. The van der Waals surface area contributed by atoms with E-state index in [1.807, 2.05) is 6.07 Å². The first-order valence-electron chi connectivity index (χ1n) is 5.75. The van der Waals surface area contributed by atoms with Gasteiger partial charge in [0.25, 0.3) is 0 Å². The molecular weight excluding hydrogens is 238 g/mol. The Morgan fingerprint density at radius 2 is 2.12 bits per heavy atom. The molecule has 0 heterocycles. The molecule has 1 N–H and O–H groups in total. The van der Waals surface area contributed by atoms with Gasteiger partial charge < -0.3 is 9.84 Å². The average molecular weight is 252 g/mol. The van der Waals surface area contributed by atoms with E-state index in [4.69, 9.17) is 21.6 Å². The molecule has 90 valence electrons. The summed E-state index contributed by atoms with van der Waals surface area (Å²) in [5.41, 5.74) is 0.506. The third-order valence-electron chi connectivity index (χ3n) is 3.01. The summed E-state index contributed by atoms with van der Waals surface area (Å²) in [6.45, 7) is 0. The molecule has 1 saturated carbocycles. The van der Waals surface area contributed by atoms with Crippen LogP contribution in [0.4, 0.5) is 0 Å². The Hall–Kier alpha value is -1.24. The van der Waals surface area contributed by atoms with Gasteiger partial charge in [-0.1, -0.05) is 18.0 Å². The molecule has 2 atom stereocenters. The zero-order valence-electron chi connectivity index (χ0n) is 9.40. The average Bonchev–Trinajstić information content (AvgIpc) is 2.34. The minimum Gasteiger partial charge on any atom is -0.486 e. The zero-order chi connectivity index (χ0) is 12.3. The van der Waals surface area contributed by atoms with Gasteiger partial charge in [0.2, 0.25) is 0 Å². The standard InChI is InChI=1S/C13H14ClNO2/c14-10-7-9(8-15)5-6-12(10)17-13-4-2-1-3-11(13)16/h5-7,11,13,16H,1-4H2/t11-,13-/m0/s1. The van der Waals surface area contributed by atoms with Crippen LogP contribution < -0.4 is 4.74 Å². The van der Waals surface area contributed by atoms with Crippen molar-refractivity contribution in [3.05, 3.63) is 28.8 Å². The summed E-state index contributed by atoms with van der Waals surface area (Å²) >= 11 is 6.02. The summed E-state index contributed by atoms with van der Waals surface area (Å²) < 4.78 is 5.71. The van der Waals surface area contributed by atoms with E-state index >= 15 is 0 Å². The van der Waals surface area contributed by atoms with Gasteiger partial charge in [0.15, 0.2) is 0 Å². The van der Waals surface area contributed by atoms with Crippen molar-refractivity contribution in [1.82, 2.24) is 0 Å². The normalized spacial score (nSPS) is 24.1. The fraction of sp³-hybridized carbons (Fsp3) is 0.462. The molecule has 0 bridgehead atoms. The number of benzene rings is 1. The van der Waals surface area contributed by atoms with Crippen molar-refractivity contribution in [2.75, 3.05) is 0 Å². The fourth-order valence-corrected chi connectivity index (χ4v) is 2.27. The highest BCUT2D eigenvalue weighted by Crippen LogP contribution is 2.29. The third kappa shape index (κ3) is 2.91. The Labute approximate surface area is 106 Å². The number of aliphatic hydroxyl groups is 1. The third-order valence-corrected chi connectivity index (χ3v) is 3.30. The molecule has 1 aliphatic carbocycles. The molecule has 4 heteroatoms. The Morgan fingerprint density at radius 1 is 1.35 bits per heavy atom. The lowest BCUT2D eigenvalue weighted by molar-refractivity contribution is 0.00693. The van der Waals surface area contributed by atoms with Crippen LogP contribution in [0.2, 0.25) is 5.02 Å². The van der Waals surface area contributed by atoms with Crippen molar-refractivity contribution in [2.45, 2.75) is 37.9 Å². The molecule has 1 fully saturated rings. The van der Waals surface area contributed by atoms with Gasteiger partial charge in [0.1, 0.15) is 11.9 Å². The van der Waals surface area contributed by atoms with Crippen LogP contribution in [0.25, 0.3) is 0 Å². The summed E-state index contributed by atoms with van der Waals surface area (Å²) in [6.07, 6.45) is 3.12. The largest absolute Gasteiger partial charge is 0.486 e. The molecule has 1 aromatic rings. The minimum atomic E-state index is -0.421. The Balaban J connectivity index is 2.10. The minimum absolute atomic E-state index is 0.186. The van der Waals surface area contributed by atoms with Gasteiger partial charge in [-0.2, -0.15) is 5.26 Å². The van der Waals surface area contributed by atoms with Gasteiger partial charge in [-0.15, -0.1) is 0 Å². The van der Waals surface area contributed by atoms with Crippen LogP contribution in [0.3, 0.4) is 0 Å². The molecule has 1 aromatic carbocycles. The molecule has 0 amide bonds. The van der Waals surface area contributed by atoms with E-state index in [0.717, 1.165) is 25.7 Å². The van der Waals surface area contributed by atoms with Gasteiger partial charge >= 0.3 is 0 Å². The maximum absolute atomic E-state index is 9.80. The van der Waals surface area contributed by atoms with Crippen LogP contribution >= 0.6 is 11.6 Å². The number of halogens is 1. The lowest BCUT2D eigenvalue weighted by Crippen LogP contribution is -2.34. The number of hydrogen-bond donors (Lipinski definition) is 1. The van der Waals surface area contributed by atoms with E-state index in [0.29, 0.717) is 16.3 Å². The quantitative estimate of drug-likeness (QED) is 0.879.